The quantitative estimate of drug-likeness (QED) is 0.866. The number of rotatable bonds is 3. The Morgan fingerprint density at radius 1 is 1.59 bits per heavy atom. The van der Waals surface area contributed by atoms with Gasteiger partial charge in [0.2, 0.25) is 5.91 Å². The van der Waals surface area contributed by atoms with Crippen molar-refractivity contribution >= 4 is 5.91 Å². The van der Waals surface area contributed by atoms with Crippen LogP contribution in [0.4, 0.5) is 0 Å². The maximum atomic E-state index is 11.9. The van der Waals surface area contributed by atoms with E-state index in [1.54, 1.807) is 4.90 Å². The standard InChI is InChI=1S/C13H19NO3/c1-10-4-5-12(17-10)6-7-13(16)14-8-2-3-11(15)9-14/h4-5,11,15H,2-3,6-9H2,1H3. The Morgan fingerprint density at radius 3 is 3.06 bits per heavy atom. The van der Waals surface area contributed by atoms with Crippen molar-refractivity contribution in [1.82, 2.24) is 4.90 Å². The summed E-state index contributed by atoms with van der Waals surface area (Å²) in [5, 5.41) is 9.50. The molecule has 1 amide bonds. The molecular formula is C13H19NO3. The van der Waals surface area contributed by atoms with Crippen LogP contribution in [0.3, 0.4) is 0 Å². The largest absolute Gasteiger partial charge is 0.466 e. The van der Waals surface area contributed by atoms with Crippen LogP contribution < -0.4 is 0 Å². The van der Waals surface area contributed by atoms with Gasteiger partial charge in [-0.05, 0) is 31.9 Å². The molecule has 1 aromatic heterocycles. The van der Waals surface area contributed by atoms with Gasteiger partial charge in [0.05, 0.1) is 6.10 Å². The Bertz CT molecular complexity index is 386. The minimum absolute atomic E-state index is 0.109. The number of hydrogen-bond donors (Lipinski definition) is 1. The Kier molecular flexibility index (Phi) is 3.84. The van der Waals surface area contributed by atoms with Crippen LogP contribution in [0.1, 0.15) is 30.8 Å². The van der Waals surface area contributed by atoms with E-state index >= 15 is 0 Å². The molecule has 1 unspecified atom stereocenters. The second-order valence-electron chi connectivity index (χ2n) is 4.65. The molecule has 1 fully saturated rings. The zero-order valence-electron chi connectivity index (χ0n) is 10.2. The minimum Gasteiger partial charge on any atom is -0.466 e. The maximum Gasteiger partial charge on any atom is 0.223 e. The van der Waals surface area contributed by atoms with Gasteiger partial charge in [0.25, 0.3) is 0 Å². The number of likely N-dealkylation sites (tertiary alicyclic amines) is 1. The Balaban J connectivity index is 1.80. The summed E-state index contributed by atoms with van der Waals surface area (Å²) in [6.07, 6.45) is 2.45. The van der Waals surface area contributed by atoms with E-state index in [1.807, 2.05) is 19.1 Å². The number of carbonyl (C=O) groups excluding carboxylic acids is 1. The van der Waals surface area contributed by atoms with Crippen LogP contribution in [0.15, 0.2) is 16.5 Å². The zero-order valence-corrected chi connectivity index (χ0v) is 10.2. The highest BCUT2D eigenvalue weighted by Crippen LogP contribution is 2.13. The molecule has 0 aliphatic carbocycles. The summed E-state index contributed by atoms with van der Waals surface area (Å²) in [6, 6.07) is 3.82. The van der Waals surface area contributed by atoms with Gasteiger partial charge in [0, 0.05) is 25.9 Å². The van der Waals surface area contributed by atoms with Gasteiger partial charge in [-0.25, -0.2) is 0 Å². The lowest BCUT2D eigenvalue weighted by molar-refractivity contribution is -0.134. The normalized spacial score (nSPS) is 20.6. The van der Waals surface area contributed by atoms with Crippen molar-refractivity contribution in [2.24, 2.45) is 0 Å². The number of hydrogen-bond acceptors (Lipinski definition) is 3. The van der Waals surface area contributed by atoms with E-state index in [1.165, 1.54) is 0 Å². The summed E-state index contributed by atoms with van der Waals surface area (Å²) in [7, 11) is 0. The van der Waals surface area contributed by atoms with E-state index in [2.05, 4.69) is 0 Å². The molecule has 1 aliphatic heterocycles. The zero-order chi connectivity index (χ0) is 12.3. The van der Waals surface area contributed by atoms with Gasteiger partial charge in [-0.3, -0.25) is 4.79 Å². The lowest BCUT2D eigenvalue weighted by atomic mass is 10.1. The first kappa shape index (κ1) is 12.2. The highest BCUT2D eigenvalue weighted by Gasteiger charge is 2.21. The average Bonchev–Trinajstić information content (AvgIpc) is 2.72. The first-order valence-electron chi connectivity index (χ1n) is 6.16. The molecule has 1 aliphatic rings. The summed E-state index contributed by atoms with van der Waals surface area (Å²) in [5.74, 6) is 1.84. The molecular weight excluding hydrogens is 218 g/mol. The molecule has 1 aromatic rings. The topological polar surface area (TPSA) is 53.7 Å². The fraction of sp³-hybridized carbons (Fsp3) is 0.615. The van der Waals surface area contributed by atoms with Crippen molar-refractivity contribution in [3.63, 3.8) is 0 Å². The van der Waals surface area contributed by atoms with E-state index in [-0.39, 0.29) is 12.0 Å². The van der Waals surface area contributed by atoms with Crippen LogP contribution >= 0.6 is 0 Å². The highest BCUT2D eigenvalue weighted by molar-refractivity contribution is 5.76. The van der Waals surface area contributed by atoms with Crippen LogP contribution in [0, 0.1) is 6.92 Å². The second-order valence-corrected chi connectivity index (χ2v) is 4.65. The third kappa shape index (κ3) is 3.33. The molecule has 1 atom stereocenters. The highest BCUT2D eigenvalue weighted by atomic mass is 16.3. The first-order valence-corrected chi connectivity index (χ1v) is 6.16. The van der Waals surface area contributed by atoms with Crippen LogP contribution in [-0.2, 0) is 11.2 Å². The van der Waals surface area contributed by atoms with Crippen LogP contribution in [0.2, 0.25) is 0 Å². The summed E-state index contributed by atoms with van der Waals surface area (Å²) < 4.78 is 5.42. The fourth-order valence-corrected chi connectivity index (χ4v) is 2.19. The Labute approximate surface area is 101 Å². The Morgan fingerprint density at radius 2 is 2.41 bits per heavy atom. The van der Waals surface area contributed by atoms with Crippen molar-refractivity contribution in [2.45, 2.75) is 38.7 Å². The predicted octanol–water partition coefficient (Wildman–Crippen LogP) is 1.50. The van der Waals surface area contributed by atoms with Gasteiger partial charge < -0.3 is 14.4 Å². The van der Waals surface area contributed by atoms with E-state index in [4.69, 9.17) is 4.42 Å². The van der Waals surface area contributed by atoms with Gasteiger partial charge in [-0.1, -0.05) is 0 Å². The summed E-state index contributed by atoms with van der Waals surface area (Å²) in [4.78, 5) is 13.7. The molecule has 0 saturated carbocycles. The van der Waals surface area contributed by atoms with Crippen LogP contribution in [0.5, 0.6) is 0 Å². The van der Waals surface area contributed by atoms with Gasteiger partial charge in [0.1, 0.15) is 11.5 Å². The molecule has 94 valence electrons. The number of furan rings is 1. The lowest BCUT2D eigenvalue weighted by Gasteiger charge is -2.30. The van der Waals surface area contributed by atoms with Gasteiger partial charge in [0.15, 0.2) is 0 Å². The van der Waals surface area contributed by atoms with Gasteiger partial charge in [-0.15, -0.1) is 0 Å². The number of nitrogens with zero attached hydrogens (tertiary/aromatic N) is 1. The SMILES string of the molecule is Cc1ccc(CCC(=O)N2CCCC(O)C2)o1. The van der Waals surface area contributed by atoms with Crippen LogP contribution in [-0.4, -0.2) is 35.1 Å². The summed E-state index contributed by atoms with van der Waals surface area (Å²) in [5.41, 5.74) is 0. The van der Waals surface area contributed by atoms with Gasteiger partial charge in [-0.2, -0.15) is 0 Å². The van der Waals surface area contributed by atoms with Crippen molar-refractivity contribution < 1.29 is 14.3 Å². The number of aliphatic hydroxyl groups is 1. The average molecular weight is 237 g/mol. The molecule has 0 bridgehead atoms. The third-order valence-corrected chi connectivity index (χ3v) is 3.13. The van der Waals surface area contributed by atoms with E-state index in [0.29, 0.717) is 19.4 Å². The van der Waals surface area contributed by atoms with Crippen molar-refractivity contribution in [2.75, 3.05) is 13.1 Å². The molecule has 4 heteroatoms. The van der Waals surface area contributed by atoms with Crippen molar-refractivity contribution in [1.29, 1.82) is 0 Å². The van der Waals surface area contributed by atoms with E-state index < -0.39 is 0 Å². The number of β-amino-alcohol motifs (C(OH)–C–C–N with tert-alkyl or cyclic N) is 1. The second kappa shape index (κ2) is 5.36. The fourth-order valence-electron chi connectivity index (χ4n) is 2.19. The van der Waals surface area contributed by atoms with Gasteiger partial charge >= 0.3 is 0 Å². The number of piperidine rings is 1. The van der Waals surface area contributed by atoms with E-state index in [9.17, 15) is 9.90 Å². The minimum atomic E-state index is -0.349. The lowest BCUT2D eigenvalue weighted by Crippen LogP contribution is -2.42. The number of aryl methyl sites for hydroxylation is 2. The van der Waals surface area contributed by atoms with E-state index in [0.717, 1.165) is 30.9 Å². The number of amides is 1. The molecule has 1 N–H and O–H groups in total. The number of carbonyl (C=O) groups is 1. The molecule has 2 rings (SSSR count). The Hall–Kier alpha value is -1.29. The maximum absolute atomic E-state index is 11.9. The first-order chi connectivity index (χ1) is 8.15. The molecule has 0 radical (unpaired) electrons. The molecule has 1 saturated heterocycles. The molecule has 0 aromatic carbocycles. The molecule has 17 heavy (non-hydrogen) atoms. The molecule has 4 nitrogen and oxygen atoms in total. The van der Waals surface area contributed by atoms with Crippen molar-refractivity contribution in [3.05, 3.63) is 23.7 Å². The van der Waals surface area contributed by atoms with Crippen molar-refractivity contribution in [3.8, 4) is 0 Å². The summed E-state index contributed by atoms with van der Waals surface area (Å²) >= 11 is 0. The predicted molar refractivity (Wildman–Crippen MR) is 63.6 cm³/mol. The monoisotopic (exact) mass is 237 g/mol. The molecule has 2 heterocycles. The molecule has 0 spiro atoms. The number of aliphatic hydroxyl groups excluding tert-OH is 1. The van der Waals surface area contributed by atoms with Crippen LogP contribution in [0.25, 0.3) is 0 Å². The summed E-state index contributed by atoms with van der Waals surface area (Å²) in [6.45, 7) is 3.15. The third-order valence-electron chi connectivity index (χ3n) is 3.13. The smallest absolute Gasteiger partial charge is 0.223 e.